The van der Waals surface area contributed by atoms with Crippen LogP contribution in [0.4, 0.5) is 5.69 Å². The highest BCUT2D eigenvalue weighted by atomic mass is 16.4. The molecule has 7 nitrogen and oxygen atoms in total. The summed E-state index contributed by atoms with van der Waals surface area (Å²) in [5.41, 5.74) is 4.12. The standard InChI is InChI=1S/C12H15N5O2/c1-7-8(2)19-11(16-7)6-15-12(18)9-3-4-14-5-10(9)17-13/h3-5,17H,6,13H2,1-2H3,(H,15,18). The summed E-state index contributed by atoms with van der Waals surface area (Å²) in [5.74, 6) is 6.26. The first-order chi connectivity index (χ1) is 9.11. The molecule has 0 aliphatic carbocycles. The van der Waals surface area contributed by atoms with Gasteiger partial charge < -0.3 is 15.2 Å². The number of hydrogen-bond acceptors (Lipinski definition) is 6. The predicted molar refractivity (Wildman–Crippen MR) is 69.2 cm³/mol. The first-order valence-corrected chi connectivity index (χ1v) is 5.73. The van der Waals surface area contributed by atoms with E-state index in [2.05, 4.69) is 20.7 Å². The van der Waals surface area contributed by atoms with E-state index in [1.807, 2.05) is 13.8 Å². The Balaban J connectivity index is 2.05. The zero-order chi connectivity index (χ0) is 13.8. The molecule has 0 bridgehead atoms. The SMILES string of the molecule is Cc1nc(CNC(=O)c2ccncc2NN)oc1C. The third-order valence-electron chi connectivity index (χ3n) is 2.69. The number of hydrazine groups is 1. The van der Waals surface area contributed by atoms with Crippen molar-refractivity contribution in [2.75, 3.05) is 5.43 Å². The van der Waals surface area contributed by atoms with Crippen molar-refractivity contribution >= 4 is 11.6 Å². The molecule has 0 aromatic carbocycles. The van der Waals surface area contributed by atoms with Crippen molar-refractivity contribution < 1.29 is 9.21 Å². The molecule has 0 fully saturated rings. The first-order valence-electron chi connectivity index (χ1n) is 5.73. The lowest BCUT2D eigenvalue weighted by Crippen LogP contribution is -2.25. The molecule has 0 spiro atoms. The first kappa shape index (κ1) is 13.0. The fourth-order valence-electron chi connectivity index (χ4n) is 1.57. The summed E-state index contributed by atoms with van der Waals surface area (Å²) in [7, 11) is 0. The number of rotatable bonds is 4. The van der Waals surface area contributed by atoms with Gasteiger partial charge in [0.25, 0.3) is 5.91 Å². The van der Waals surface area contributed by atoms with Crippen LogP contribution in [0, 0.1) is 13.8 Å². The number of aromatic nitrogens is 2. The molecule has 100 valence electrons. The Labute approximate surface area is 110 Å². The normalized spacial score (nSPS) is 10.3. The van der Waals surface area contributed by atoms with Crippen LogP contribution in [-0.2, 0) is 6.54 Å². The number of aryl methyl sites for hydroxylation is 2. The van der Waals surface area contributed by atoms with E-state index in [-0.39, 0.29) is 12.5 Å². The minimum absolute atomic E-state index is 0.222. The summed E-state index contributed by atoms with van der Waals surface area (Å²) < 4.78 is 5.38. The second kappa shape index (κ2) is 5.49. The van der Waals surface area contributed by atoms with Gasteiger partial charge in [0.2, 0.25) is 5.89 Å². The van der Waals surface area contributed by atoms with Gasteiger partial charge in [0.15, 0.2) is 0 Å². The molecule has 2 rings (SSSR count). The van der Waals surface area contributed by atoms with Crippen molar-refractivity contribution in [3.8, 4) is 0 Å². The molecular weight excluding hydrogens is 246 g/mol. The van der Waals surface area contributed by atoms with Crippen molar-refractivity contribution in [1.82, 2.24) is 15.3 Å². The smallest absolute Gasteiger partial charge is 0.253 e. The van der Waals surface area contributed by atoms with Gasteiger partial charge in [-0.1, -0.05) is 0 Å². The highest BCUT2D eigenvalue weighted by Gasteiger charge is 2.12. The molecule has 0 atom stereocenters. The maximum atomic E-state index is 12.0. The van der Waals surface area contributed by atoms with Crippen molar-refractivity contribution in [1.29, 1.82) is 0 Å². The molecule has 2 aromatic heterocycles. The molecule has 0 saturated carbocycles. The highest BCUT2D eigenvalue weighted by Crippen LogP contribution is 2.12. The number of hydrogen-bond donors (Lipinski definition) is 3. The topological polar surface area (TPSA) is 106 Å². The molecule has 0 aliphatic heterocycles. The maximum absolute atomic E-state index is 12.0. The fourth-order valence-corrected chi connectivity index (χ4v) is 1.57. The van der Waals surface area contributed by atoms with Crippen LogP contribution in [0.3, 0.4) is 0 Å². The molecule has 0 aliphatic rings. The largest absolute Gasteiger partial charge is 0.444 e. The second-order valence-corrected chi connectivity index (χ2v) is 4.00. The van der Waals surface area contributed by atoms with Crippen molar-refractivity contribution in [3.63, 3.8) is 0 Å². The lowest BCUT2D eigenvalue weighted by molar-refractivity contribution is 0.0948. The number of oxazole rings is 1. The summed E-state index contributed by atoms with van der Waals surface area (Å²) in [6.07, 6.45) is 3.00. The lowest BCUT2D eigenvalue weighted by Gasteiger charge is -2.07. The summed E-state index contributed by atoms with van der Waals surface area (Å²) in [5, 5.41) is 2.71. The van der Waals surface area contributed by atoms with Gasteiger partial charge in [0.1, 0.15) is 5.76 Å². The highest BCUT2D eigenvalue weighted by molar-refractivity contribution is 5.99. The number of nitrogens with one attached hydrogen (secondary N) is 2. The molecule has 1 amide bonds. The zero-order valence-electron chi connectivity index (χ0n) is 10.7. The van der Waals surface area contributed by atoms with Crippen LogP contribution in [0.1, 0.15) is 27.7 Å². The van der Waals surface area contributed by atoms with Gasteiger partial charge >= 0.3 is 0 Å². The van der Waals surface area contributed by atoms with E-state index in [0.29, 0.717) is 17.1 Å². The Hall–Kier alpha value is -2.41. The summed E-state index contributed by atoms with van der Waals surface area (Å²) in [4.78, 5) is 20.0. The molecule has 0 unspecified atom stereocenters. The van der Waals surface area contributed by atoms with E-state index in [9.17, 15) is 4.79 Å². The second-order valence-electron chi connectivity index (χ2n) is 4.00. The molecular formula is C12H15N5O2. The average Bonchev–Trinajstić information content (AvgIpc) is 2.75. The number of amides is 1. The fraction of sp³-hybridized carbons (Fsp3) is 0.250. The van der Waals surface area contributed by atoms with Gasteiger partial charge in [-0.15, -0.1) is 0 Å². The van der Waals surface area contributed by atoms with Crippen LogP contribution in [0.5, 0.6) is 0 Å². The average molecular weight is 261 g/mol. The lowest BCUT2D eigenvalue weighted by atomic mass is 10.2. The third kappa shape index (κ3) is 2.89. The van der Waals surface area contributed by atoms with Gasteiger partial charge in [-0.25, -0.2) is 4.98 Å². The molecule has 19 heavy (non-hydrogen) atoms. The van der Waals surface area contributed by atoms with Gasteiger partial charge in [0, 0.05) is 6.20 Å². The van der Waals surface area contributed by atoms with Crippen LogP contribution in [0.15, 0.2) is 22.9 Å². The van der Waals surface area contributed by atoms with E-state index >= 15 is 0 Å². The van der Waals surface area contributed by atoms with Crippen LogP contribution in [0.2, 0.25) is 0 Å². The van der Waals surface area contributed by atoms with Crippen LogP contribution < -0.4 is 16.6 Å². The van der Waals surface area contributed by atoms with E-state index in [1.54, 1.807) is 6.07 Å². The van der Waals surface area contributed by atoms with E-state index in [4.69, 9.17) is 10.3 Å². The molecule has 0 saturated heterocycles. The van der Waals surface area contributed by atoms with Crippen LogP contribution in [0.25, 0.3) is 0 Å². The number of nitrogen functional groups attached to an aromatic ring is 1. The zero-order valence-corrected chi connectivity index (χ0v) is 10.7. The van der Waals surface area contributed by atoms with Gasteiger partial charge in [-0.2, -0.15) is 0 Å². The monoisotopic (exact) mass is 261 g/mol. The number of carbonyl (C=O) groups is 1. The van der Waals surface area contributed by atoms with E-state index in [0.717, 1.165) is 11.5 Å². The number of nitrogens with two attached hydrogens (primary N) is 1. The van der Waals surface area contributed by atoms with E-state index < -0.39 is 0 Å². The number of carbonyl (C=O) groups excluding carboxylic acids is 1. The minimum atomic E-state index is -0.274. The van der Waals surface area contributed by atoms with Crippen molar-refractivity contribution in [2.24, 2.45) is 5.84 Å². The maximum Gasteiger partial charge on any atom is 0.253 e. The number of nitrogens with zero attached hydrogens (tertiary/aromatic N) is 2. The molecule has 2 heterocycles. The summed E-state index contributed by atoms with van der Waals surface area (Å²) in [6.45, 7) is 3.90. The Bertz CT molecular complexity index is 574. The Morgan fingerprint density at radius 3 is 2.89 bits per heavy atom. The predicted octanol–water partition coefficient (Wildman–Crippen LogP) is 0.902. The molecule has 4 N–H and O–H groups in total. The van der Waals surface area contributed by atoms with Gasteiger partial charge in [-0.3, -0.25) is 15.6 Å². The minimum Gasteiger partial charge on any atom is -0.444 e. The Morgan fingerprint density at radius 2 is 2.26 bits per heavy atom. The van der Waals surface area contributed by atoms with Crippen LogP contribution in [-0.4, -0.2) is 15.9 Å². The molecule has 7 heteroatoms. The Morgan fingerprint density at radius 1 is 1.47 bits per heavy atom. The Kier molecular flexibility index (Phi) is 3.76. The summed E-state index contributed by atoms with van der Waals surface area (Å²) in [6, 6.07) is 1.58. The third-order valence-corrected chi connectivity index (χ3v) is 2.69. The van der Waals surface area contributed by atoms with Crippen molar-refractivity contribution in [2.45, 2.75) is 20.4 Å². The van der Waals surface area contributed by atoms with Gasteiger partial charge in [0.05, 0.1) is 29.7 Å². The number of anilines is 1. The van der Waals surface area contributed by atoms with E-state index in [1.165, 1.54) is 12.4 Å². The quantitative estimate of drug-likeness (QED) is 0.557. The van der Waals surface area contributed by atoms with Crippen LogP contribution >= 0.6 is 0 Å². The van der Waals surface area contributed by atoms with Gasteiger partial charge in [-0.05, 0) is 19.9 Å². The number of pyridine rings is 1. The molecule has 2 aromatic rings. The van der Waals surface area contributed by atoms with Crippen molar-refractivity contribution in [3.05, 3.63) is 41.4 Å². The molecule has 0 radical (unpaired) electrons. The summed E-state index contributed by atoms with van der Waals surface area (Å²) >= 11 is 0.